The lowest BCUT2D eigenvalue weighted by molar-refractivity contribution is 0.199. The molecule has 6 heteroatoms. The monoisotopic (exact) mass is 287 g/mol. The SMILES string of the molecule is CCN(CCCO)S(=O)(=O)c1ccc(C(C)O)cc1. The van der Waals surface area contributed by atoms with Crippen LogP contribution in [0.5, 0.6) is 0 Å². The van der Waals surface area contributed by atoms with Gasteiger partial charge in [0.1, 0.15) is 0 Å². The molecule has 1 aromatic rings. The van der Waals surface area contributed by atoms with Crippen LogP contribution in [0.2, 0.25) is 0 Å². The molecule has 0 saturated heterocycles. The van der Waals surface area contributed by atoms with Gasteiger partial charge in [-0.15, -0.1) is 0 Å². The van der Waals surface area contributed by atoms with E-state index in [9.17, 15) is 13.5 Å². The quantitative estimate of drug-likeness (QED) is 0.788. The number of rotatable bonds is 7. The molecule has 0 aliphatic heterocycles. The van der Waals surface area contributed by atoms with Gasteiger partial charge in [-0.3, -0.25) is 0 Å². The number of aliphatic hydroxyl groups excluding tert-OH is 2. The molecule has 0 aliphatic carbocycles. The molecule has 0 bridgehead atoms. The van der Waals surface area contributed by atoms with E-state index in [1.807, 2.05) is 0 Å². The summed E-state index contributed by atoms with van der Waals surface area (Å²) in [7, 11) is -3.53. The van der Waals surface area contributed by atoms with Crippen molar-refractivity contribution in [3.05, 3.63) is 29.8 Å². The summed E-state index contributed by atoms with van der Waals surface area (Å²) in [6, 6.07) is 6.22. The van der Waals surface area contributed by atoms with Crippen LogP contribution in [0.15, 0.2) is 29.2 Å². The topological polar surface area (TPSA) is 77.8 Å². The maximum Gasteiger partial charge on any atom is 0.243 e. The zero-order valence-electron chi connectivity index (χ0n) is 11.3. The lowest BCUT2D eigenvalue weighted by Gasteiger charge is -2.20. The lowest BCUT2D eigenvalue weighted by atomic mass is 10.1. The molecule has 5 nitrogen and oxygen atoms in total. The first-order chi connectivity index (χ1) is 8.93. The Kier molecular flexibility index (Phi) is 5.93. The molecule has 0 aromatic heterocycles. The van der Waals surface area contributed by atoms with E-state index in [4.69, 9.17) is 5.11 Å². The first kappa shape index (κ1) is 16.1. The normalized spacial score (nSPS) is 13.7. The van der Waals surface area contributed by atoms with Crippen LogP contribution in [-0.2, 0) is 10.0 Å². The van der Waals surface area contributed by atoms with Crippen molar-refractivity contribution in [3.63, 3.8) is 0 Å². The Morgan fingerprint density at radius 3 is 2.26 bits per heavy atom. The fourth-order valence-electron chi connectivity index (χ4n) is 1.76. The molecule has 0 spiro atoms. The summed E-state index contributed by atoms with van der Waals surface area (Å²) in [5.41, 5.74) is 0.678. The van der Waals surface area contributed by atoms with Gasteiger partial charge in [0, 0.05) is 19.7 Å². The van der Waals surface area contributed by atoms with Gasteiger partial charge in [-0.05, 0) is 31.0 Å². The molecule has 108 valence electrons. The minimum absolute atomic E-state index is 0.0347. The van der Waals surface area contributed by atoms with Gasteiger partial charge in [0.05, 0.1) is 11.0 Å². The molecule has 19 heavy (non-hydrogen) atoms. The molecule has 1 unspecified atom stereocenters. The number of sulfonamides is 1. The van der Waals surface area contributed by atoms with Crippen LogP contribution in [0.3, 0.4) is 0 Å². The van der Waals surface area contributed by atoms with Crippen LogP contribution in [0.25, 0.3) is 0 Å². The molecule has 1 atom stereocenters. The van der Waals surface area contributed by atoms with Gasteiger partial charge in [-0.2, -0.15) is 4.31 Å². The Morgan fingerprint density at radius 1 is 1.26 bits per heavy atom. The van der Waals surface area contributed by atoms with Crippen molar-refractivity contribution in [1.82, 2.24) is 4.31 Å². The summed E-state index contributed by atoms with van der Waals surface area (Å²) in [4.78, 5) is 0.205. The molecular formula is C13H21NO4S. The highest BCUT2D eigenvalue weighted by molar-refractivity contribution is 7.89. The molecule has 0 radical (unpaired) electrons. The van der Waals surface area contributed by atoms with Gasteiger partial charge in [0.15, 0.2) is 0 Å². The van der Waals surface area contributed by atoms with Crippen molar-refractivity contribution in [1.29, 1.82) is 0 Å². The average Bonchev–Trinajstić information content (AvgIpc) is 2.39. The standard InChI is InChI=1S/C13H21NO4S/c1-3-14(9-4-10-15)19(17,18)13-7-5-12(6-8-13)11(2)16/h5-8,11,15-16H,3-4,9-10H2,1-2H3. The Labute approximate surface area is 114 Å². The van der Waals surface area contributed by atoms with Crippen molar-refractivity contribution < 1.29 is 18.6 Å². The van der Waals surface area contributed by atoms with Crippen LogP contribution in [0, 0.1) is 0 Å². The maximum atomic E-state index is 12.3. The molecule has 1 rings (SSSR count). The predicted molar refractivity (Wildman–Crippen MR) is 73.2 cm³/mol. The minimum Gasteiger partial charge on any atom is -0.396 e. The van der Waals surface area contributed by atoms with E-state index in [-0.39, 0.29) is 11.5 Å². The number of nitrogens with zero attached hydrogens (tertiary/aromatic N) is 1. The van der Waals surface area contributed by atoms with E-state index in [1.54, 1.807) is 26.0 Å². The molecule has 1 aromatic carbocycles. The average molecular weight is 287 g/mol. The van der Waals surface area contributed by atoms with E-state index in [0.717, 1.165) is 0 Å². The van der Waals surface area contributed by atoms with Crippen LogP contribution in [-0.4, -0.2) is 42.6 Å². The van der Waals surface area contributed by atoms with E-state index < -0.39 is 16.1 Å². The highest BCUT2D eigenvalue weighted by Crippen LogP contribution is 2.19. The Hall–Kier alpha value is -0.950. The summed E-state index contributed by atoms with van der Waals surface area (Å²) in [5.74, 6) is 0. The smallest absolute Gasteiger partial charge is 0.243 e. The van der Waals surface area contributed by atoms with Crippen molar-refractivity contribution in [2.45, 2.75) is 31.3 Å². The van der Waals surface area contributed by atoms with Crippen molar-refractivity contribution in [2.24, 2.45) is 0 Å². The van der Waals surface area contributed by atoms with Crippen LogP contribution in [0.1, 0.15) is 31.9 Å². The van der Waals surface area contributed by atoms with Gasteiger partial charge in [0.2, 0.25) is 10.0 Å². The Morgan fingerprint density at radius 2 is 1.84 bits per heavy atom. The van der Waals surface area contributed by atoms with Crippen molar-refractivity contribution >= 4 is 10.0 Å². The maximum absolute atomic E-state index is 12.3. The van der Waals surface area contributed by atoms with E-state index >= 15 is 0 Å². The summed E-state index contributed by atoms with van der Waals surface area (Å²) in [5, 5.41) is 18.2. The van der Waals surface area contributed by atoms with Gasteiger partial charge in [0.25, 0.3) is 0 Å². The minimum atomic E-state index is -3.53. The zero-order valence-corrected chi connectivity index (χ0v) is 12.1. The van der Waals surface area contributed by atoms with Gasteiger partial charge in [-0.1, -0.05) is 19.1 Å². The second-order valence-corrected chi connectivity index (χ2v) is 6.26. The number of benzene rings is 1. The van der Waals surface area contributed by atoms with E-state index in [2.05, 4.69) is 0 Å². The Bertz CT molecular complexity index is 482. The third-order valence-electron chi connectivity index (χ3n) is 2.92. The summed E-state index contributed by atoms with van der Waals surface area (Å²) in [6.07, 6.45) is -0.202. The van der Waals surface area contributed by atoms with Crippen LogP contribution < -0.4 is 0 Å². The second-order valence-electron chi connectivity index (χ2n) is 4.32. The highest BCUT2D eigenvalue weighted by Gasteiger charge is 2.22. The Balaban J connectivity index is 2.98. The van der Waals surface area contributed by atoms with Crippen LogP contribution in [0.4, 0.5) is 0 Å². The van der Waals surface area contributed by atoms with Gasteiger partial charge >= 0.3 is 0 Å². The lowest BCUT2D eigenvalue weighted by Crippen LogP contribution is -2.32. The van der Waals surface area contributed by atoms with Crippen LogP contribution >= 0.6 is 0 Å². The third kappa shape index (κ3) is 4.01. The first-order valence-corrected chi connectivity index (χ1v) is 7.76. The summed E-state index contributed by atoms with van der Waals surface area (Å²) < 4.78 is 26.0. The van der Waals surface area contributed by atoms with E-state index in [0.29, 0.717) is 25.1 Å². The molecule has 0 aliphatic rings. The number of aliphatic hydroxyl groups is 2. The summed E-state index contributed by atoms with van der Waals surface area (Å²) >= 11 is 0. The first-order valence-electron chi connectivity index (χ1n) is 6.32. The fraction of sp³-hybridized carbons (Fsp3) is 0.538. The van der Waals surface area contributed by atoms with Crippen molar-refractivity contribution in [2.75, 3.05) is 19.7 Å². The summed E-state index contributed by atoms with van der Waals surface area (Å²) in [6.45, 7) is 4.02. The van der Waals surface area contributed by atoms with Gasteiger partial charge in [-0.25, -0.2) is 8.42 Å². The fourth-order valence-corrected chi connectivity index (χ4v) is 3.25. The molecule has 0 fully saturated rings. The predicted octanol–water partition coefficient (Wildman–Crippen LogP) is 1.13. The number of hydrogen-bond donors (Lipinski definition) is 2. The molecule has 0 amide bonds. The van der Waals surface area contributed by atoms with Crippen molar-refractivity contribution in [3.8, 4) is 0 Å². The largest absolute Gasteiger partial charge is 0.396 e. The number of hydrogen-bond acceptors (Lipinski definition) is 4. The zero-order chi connectivity index (χ0) is 14.5. The molecule has 0 saturated carbocycles. The third-order valence-corrected chi connectivity index (χ3v) is 4.91. The van der Waals surface area contributed by atoms with E-state index in [1.165, 1.54) is 16.4 Å². The molecule has 0 heterocycles. The van der Waals surface area contributed by atoms with Gasteiger partial charge < -0.3 is 10.2 Å². The second kappa shape index (κ2) is 7.00. The molecule has 2 N–H and O–H groups in total. The molecular weight excluding hydrogens is 266 g/mol. The highest BCUT2D eigenvalue weighted by atomic mass is 32.2.